The summed E-state index contributed by atoms with van der Waals surface area (Å²) in [6.45, 7) is 10.4. The van der Waals surface area contributed by atoms with Crippen molar-refractivity contribution in [3.63, 3.8) is 0 Å². The molecule has 0 saturated heterocycles. The van der Waals surface area contributed by atoms with Crippen LogP contribution in [0.2, 0.25) is 0 Å². The van der Waals surface area contributed by atoms with Gasteiger partial charge in [0, 0.05) is 11.6 Å². The van der Waals surface area contributed by atoms with Crippen LogP contribution in [-0.2, 0) is 0 Å². The second-order valence-corrected chi connectivity index (χ2v) is 6.61. The summed E-state index contributed by atoms with van der Waals surface area (Å²) in [7, 11) is 4.39. The van der Waals surface area contributed by atoms with Crippen molar-refractivity contribution in [3.05, 3.63) is 0 Å². The Hall–Kier alpha value is -0.0800. The van der Waals surface area contributed by atoms with E-state index in [2.05, 4.69) is 52.0 Å². The average Bonchev–Trinajstić information content (AvgIpc) is 2.36. The fourth-order valence-corrected chi connectivity index (χ4v) is 2.46. The molecule has 0 radical (unpaired) electrons. The lowest BCUT2D eigenvalue weighted by atomic mass is 9.88. The highest BCUT2D eigenvalue weighted by molar-refractivity contribution is 4.91. The van der Waals surface area contributed by atoms with Crippen molar-refractivity contribution in [2.24, 2.45) is 0 Å². The molecule has 0 spiro atoms. The van der Waals surface area contributed by atoms with Crippen molar-refractivity contribution in [2.75, 3.05) is 20.6 Å². The van der Waals surface area contributed by atoms with Crippen LogP contribution < -0.4 is 5.32 Å². The highest BCUT2D eigenvalue weighted by atomic mass is 15.2. The minimum absolute atomic E-state index is 0.235. The monoisotopic (exact) mass is 270 g/mol. The predicted molar refractivity (Wildman–Crippen MR) is 87.8 cm³/mol. The maximum atomic E-state index is 3.75. The second kappa shape index (κ2) is 10.7. The van der Waals surface area contributed by atoms with Crippen LogP contribution in [0.1, 0.15) is 79.1 Å². The largest absolute Gasteiger partial charge is 0.312 e. The van der Waals surface area contributed by atoms with Gasteiger partial charge in [0.15, 0.2) is 0 Å². The zero-order chi connectivity index (χ0) is 14.7. The van der Waals surface area contributed by atoms with Gasteiger partial charge in [0.2, 0.25) is 0 Å². The van der Waals surface area contributed by atoms with Gasteiger partial charge in [0.1, 0.15) is 0 Å². The number of hydrogen-bond acceptors (Lipinski definition) is 2. The van der Waals surface area contributed by atoms with E-state index in [0.717, 1.165) is 6.54 Å². The van der Waals surface area contributed by atoms with Gasteiger partial charge in [-0.2, -0.15) is 0 Å². The van der Waals surface area contributed by atoms with Gasteiger partial charge in [0.25, 0.3) is 0 Å². The predicted octanol–water partition coefficient (Wildman–Crippen LogP) is 4.45. The minimum atomic E-state index is 0.235. The van der Waals surface area contributed by atoms with Gasteiger partial charge in [-0.05, 0) is 47.3 Å². The Balaban J connectivity index is 4.06. The van der Waals surface area contributed by atoms with Crippen LogP contribution in [-0.4, -0.2) is 37.1 Å². The van der Waals surface area contributed by atoms with Crippen molar-refractivity contribution in [3.8, 4) is 0 Å². The van der Waals surface area contributed by atoms with E-state index in [1.807, 2.05) is 0 Å². The molecular formula is C17H38N2. The first-order chi connectivity index (χ1) is 8.96. The SMILES string of the molecule is CCCCCCCCC(NCCC)C(C)(C)N(C)C. The summed E-state index contributed by atoms with van der Waals surface area (Å²) in [6, 6.07) is 0.605. The van der Waals surface area contributed by atoms with Crippen molar-refractivity contribution < 1.29 is 0 Å². The molecule has 2 heteroatoms. The second-order valence-electron chi connectivity index (χ2n) is 6.61. The van der Waals surface area contributed by atoms with Crippen molar-refractivity contribution in [1.82, 2.24) is 10.2 Å². The van der Waals surface area contributed by atoms with Crippen LogP contribution in [0, 0.1) is 0 Å². The third kappa shape index (κ3) is 7.94. The lowest BCUT2D eigenvalue weighted by molar-refractivity contribution is 0.130. The highest BCUT2D eigenvalue weighted by Crippen LogP contribution is 2.21. The Morgan fingerprint density at radius 2 is 1.47 bits per heavy atom. The lowest BCUT2D eigenvalue weighted by Gasteiger charge is -2.41. The molecule has 19 heavy (non-hydrogen) atoms. The fourth-order valence-electron chi connectivity index (χ4n) is 2.46. The van der Waals surface area contributed by atoms with E-state index in [1.165, 1.54) is 51.4 Å². The van der Waals surface area contributed by atoms with Crippen molar-refractivity contribution in [2.45, 2.75) is 90.6 Å². The molecule has 2 nitrogen and oxygen atoms in total. The number of hydrogen-bond donors (Lipinski definition) is 1. The smallest absolute Gasteiger partial charge is 0.0300 e. The van der Waals surface area contributed by atoms with E-state index >= 15 is 0 Å². The third-order valence-electron chi connectivity index (χ3n) is 4.49. The third-order valence-corrected chi connectivity index (χ3v) is 4.49. The Kier molecular flexibility index (Phi) is 10.6. The van der Waals surface area contributed by atoms with E-state index < -0.39 is 0 Å². The summed E-state index contributed by atoms with van der Waals surface area (Å²) in [6.07, 6.45) is 10.9. The number of likely N-dealkylation sites (N-methyl/N-ethyl adjacent to an activating group) is 1. The summed E-state index contributed by atoms with van der Waals surface area (Å²) in [5, 5.41) is 3.75. The fraction of sp³-hybridized carbons (Fsp3) is 1.00. The molecule has 0 aromatic carbocycles. The molecule has 0 bridgehead atoms. The molecule has 0 aliphatic rings. The summed E-state index contributed by atoms with van der Waals surface area (Å²) in [5.74, 6) is 0. The Morgan fingerprint density at radius 3 is 2.00 bits per heavy atom. The van der Waals surface area contributed by atoms with E-state index in [1.54, 1.807) is 0 Å². The number of unbranched alkanes of at least 4 members (excludes halogenated alkanes) is 5. The topological polar surface area (TPSA) is 15.3 Å². The molecule has 1 atom stereocenters. The number of rotatable bonds is 12. The molecule has 1 unspecified atom stereocenters. The minimum Gasteiger partial charge on any atom is -0.312 e. The van der Waals surface area contributed by atoms with E-state index in [9.17, 15) is 0 Å². The molecule has 116 valence electrons. The van der Waals surface area contributed by atoms with Gasteiger partial charge in [-0.15, -0.1) is 0 Å². The molecule has 1 N–H and O–H groups in total. The molecule has 0 aromatic rings. The molecule has 0 rings (SSSR count). The first-order valence-electron chi connectivity index (χ1n) is 8.37. The van der Waals surface area contributed by atoms with Crippen LogP contribution >= 0.6 is 0 Å². The van der Waals surface area contributed by atoms with Crippen molar-refractivity contribution >= 4 is 0 Å². The van der Waals surface area contributed by atoms with Gasteiger partial charge >= 0.3 is 0 Å². The van der Waals surface area contributed by atoms with Crippen molar-refractivity contribution in [1.29, 1.82) is 0 Å². The lowest BCUT2D eigenvalue weighted by Crippen LogP contribution is -2.55. The van der Waals surface area contributed by atoms with Crippen LogP contribution in [0.3, 0.4) is 0 Å². The van der Waals surface area contributed by atoms with Crippen LogP contribution in [0.15, 0.2) is 0 Å². The van der Waals surface area contributed by atoms with Gasteiger partial charge in [-0.3, -0.25) is 0 Å². The average molecular weight is 271 g/mol. The molecule has 0 amide bonds. The molecule has 0 heterocycles. The molecular weight excluding hydrogens is 232 g/mol. The summed E-state index contributed by atoms with van der Waals surface area (Å²) in [5.41, 5.74) is 0.235. The quantitative estimate of drug-likeness (QED) is 0.527. The van der Waals surface area contributed by atoms with Gasteiger partial charge in [-0.25, -0.2) is 0 Å². The maximum absolute atomic E-state index is 3.75. The zero-order valence-corrected chi connectivity index (χ0v) is 14.4. The molecule has 0 aromatic heterocycles. The molecule has 0 saturated carbocycles. The molecule has 0 aliphatic heterocycles. The van der Waals surface area contributed by atoms with E-state index in [0.29, 0.717) is 6.04 Å². The normalized spacial score (nSPS) is 14.1. The molecule has 0 fully saturated rings. The summed E-state index contributed by atoms with van der Waals surface area (Å²) < 4.78 is 0. The highest BCUT2D eigenvalue weighted by Gasteiger charge is 2.30. The Labute approximate surface area is 122 Å². The Bertz CT molecular complexity index is 199. The standard InChI is InChI=1S/C17H38N2/c1-7-9-10-11-12-13-14-16(18-15-8-2)17(3,4)19(5)6/h16,18H,7-15H2,1-6H3. The van der Waals surface area contributed by atoms with Crippen LogP contribution in [0.25, 0.3) is 0 Å². The zero-order valence-electron chi connectivity index (χ0n) is 14.4. The maximum Gasteiger partial charge on any atom is 0.0300 e. The van der Waals surface area contributed by atoms with Gasteiger partial charge in [-0.1, -0.05) is 52.4 Å². The van der Waals surface area contributed by atoms with Gasteiger partial charge < -0.3 is 10.2 Å². The summed E-state index contributed by atoms with van der Waals surface area (Å²) >= 11 is 0. The van der Waals surface area contributed by atoms with Crippen LogP contribution in [0.5, 0.6) is 0 Å². The first kappa shape index (κ1) is 18.9. The number of nitrogens with one attached hydrogen (secondary N) is 1. The Morgan fingerprint density at radius 1 is 0.895 bits per heavy atom. The summed E-state index contributed by atoms with van der Waals surface area (Å²) in [4.78, 5) is 2.36. The first-order valence-corrected chi connectivity index (χ1v) is 8.37. The van der Waals surface area contributed by atoms with Gasteiger partial charge in [0.05, 0.1) is 0 Å². The number of nitrogens with zero attached hydrogens (tertiary/aromatic N) is 1. The molecule has 0 aliphatic carbocycles. The van der Waals surface area contributed by atoms with Crippen LogP contribution in [0.4, 0.5) is 0 Å². The van der Waals surface area contributed by atoms with E-state index in [4.69, 9.17) is 0 Å². The van der Waals surface area contributed by atoms with E-state index in [-0.39, 0.29) is 5.54 Å².